The number of hydrogen-bond acceptors (Lipinski definition) is 4. The van der Waals surface area contributed by atoms with E-state index in [1.165, 1.54) is 6.92 Å². The third-order valence-electron chi connectivity index (χ3n) is 0.721. The van der Waals surface area contributed by atoms with Gasteiger partial charge in [0, 0.05) is 6.21 Å². The predicted octanol–water partition coefficient (Wildman–Crippen LogP) is 0.580. The summed E-state index contributed by atoms with van der Waals surface area (Å²) in [6.07, 6.45) is 0.756. The normalized spacial score (nSPS) is 7.73. The topological polar surface area (TPSA) is 67.2 Å². The molecule has 0 aromatic heterocycles. The predicted molar refractivity (Wildman–Crippen MR) is 42.3 cm³/mol. The van der Waals surface area contributed by atoms with Gasteiger partial charge >= 0.3 is 5.97 Å². The highest BCUT2D eigenvalue weighted by atomic mass is 35.5. The van der Waals surface area contributed by atoms with Crippen LogP contribution in [0.25, 0.3) is 0 Å². The van der Waals surface area contributed by atoms with Crippen molar-refractivity contribution in [2.24, 2.45) is 0 Å². The molecule has 0 radical (unpaired) electrons. The van der Waals surface area contributed by atoms with E-state index in [1.54, 1.807) is 0 Å². The summed E-state index contributed by atoms with van der Waals surface area (Å²) in [6, 6.07) is 0. The van der Waals surface area contributed by atoms with Crippen LogP contribution in [0.5, 0.6) is 0 Å². The summed E-state index contributed by atoms with van der Waals surface area (Å²) in [5.41, 5.74) is 0. The molecule has 0 atom stereocenters. The second-order valence-electron chi connectivity index (χ2n) is 1.77. The quantitative estimate of drug-likeness (QED) is 0.390. The summed E-state index contributed by atoms with van der Waals surface area (Å²) in [5.74, 6) is -0.800. The molecule has 11 heavy (non-hydrogen) atoms. The first-order valence-corrected chi connectivity index (χ1v) is 2.81. The van der Waals surface area contributed by atoms with Crippen molar-refractivity contribution in [3.8, 4) is 0 Å². The van der Waals surface area contributed by atoms with Crippen LogP contribution in [0.1, 0.15) is 13.3 Å². The molecule has 0 heterocycles. The fourth-order valence-corrected chi connectivity index (χ4v) is 0.389. The Labute approximate surface area is 70.8 Å². The van der Waals surface area contributed by atoms with Gasteiger partial charge in [-0.3, -0.25) is 9.59 Å². The molecular formula is C6H10ClNO3. The average molecular weight is 180 g/mol. The highest BCUT2D eigenvalue weighted by molar-refractivity contribution is 5.94. The molecule has 0 spiro atoms. The Balaban J connectivity index is 0. The molecule has 0 aromatic rings. The molecule has 0 aliphatic heterocycles. The Morgan fingerprint density at radius 1 is 1.55 bits per heavy atom. The molecule has 0 aliphatic rings. The number of carbonyl (C=O) groups excluding carboxylic acids is 2. The van der Waals surface area contributed by atoms with Crippen LogP contribution in [-0.4, -0.2) is 24.6 Å². The van der Waals surface area contributed by atoms with Gasteiger partial charge in [0.2, 0.25) is 0 Å². The molecule has 0 rings (SSSR count). The number of esters is 1. The monoisotopic (exact) mass is 179 g/mol. The van der Waals surface area contributed by atoms with Crippen LogP contribution in [0.2, 0.25) is 0 Å². The number of carbonyl (C=O) groups is 2. The number of Topliss-reactive ketones (excluding diaryl/α,β-unsaturated/α-hetero) is 1. The highest BCUT2D eigenvalue weighted by Gasteiger charge is 2.03. The van der Waals surface area contributed by atoms with Crippen LogP contribution in [0.3, 0.4) is 0 Å². The molecule has 0 fully saturated rings. The summed E-state index contributed by atoms with van der Waals surface area (Å²) < 4.78 is 4.40. The standard InChI is InChI=1S/C6H9NO3.ClH/c1-5(8)4-6(9)10-3-2-7;/h2,7H,3-4H2,1H3;1H. The van der Waals surface area contributed by atoms with Gasteiger partial charge in [-0.05, 0) is 6.92 Å². The Hall–Kier alpha value is -0.900. The van der Waals surface area contributed by atoms with E-state index in [0.29, 0.717) is 0 Å². The lowest BCUT2D eigenvalue weighted by molar-refractivity contribution is -0.144. The zero-order chi connectivity index (χ0) is 7.98. The third kappa shape index (κ3) is 9.10. The van der Waals surface area contributed by atoms with Crippen LogP contribution < -0.4 is 0 Å². The maximum absolute atomic E-state index is 10.5. The second-order valence-corrected chi connectivity index (χ2v) is 1.77. The summed E-state index contributed by atoms with van der Waals surface area (Å²) in [4.78, 5) is 20.7. The molecule has 4 nitrogen and oxygen atoms in total. The summed E-state index contributed by atoms with van der Waals surface area (Å²) in [6.45, 7) is 1.26. The van der Waals surface area contributed by atoms with Gasteiger partial charge in [0.15, 0.2) is 0 Å². The Morgan fingerprint density at radius 2 is 2.09 bits per heavy atom. The van der Waals surface area contributed by atoms with Crippen LogP contribution >= 0.6 is 12.4 Å². The van der Waals surface area contributed by atoms with Crippen molar-refractivity contribution in [1.29, 1.82) is 5.41 Å². The zero-order valence-corrected chi connectivity index (χ0v) is 6.94. The largest absolute Gasteiger partial charge is 0.460 e. The van der Waals surface area contributed by atoms with E-state index in [9.17, 15) is 9.59 Å². The molecule has 0 unspecified atom stereocenters. The lowest BCUT2D eigenvalue weighted by Gasteiger charge is -1.96. The lowest BCUT2D eigenvalue weighted by atomic mass is 10.3. The van der Waals surface area contributed by atoms with Gasteiger partial charge in [-0.2, -0.15) is 0 Å². The molecule has 0 bridgehead atoms. The molecule has 5 heteroatoms. The Morgan fingerprint density at radius 3 is 2.45 bits per heavy atom. The van der Waals surface area contributed by atoms with Crippen molar-refractivity contribution in [2.75, 3.05) is 6.61 Å². The van der Waals surface area contributed by atoms with E-state index in [1.807, 2.05) is 0 Å². The number of halogens is 1. The highest BCUT2D eigenvalue weighted by Crippen LogP contribution is 1.85. The average Bonchev–Trinajstić information content (AvgIpc) is 1.82. The Kier molecular flexibility index (Phi) is 8.36. The van der Waals surface area contributed by atoms with Crippen LogP contribution in [0.15, 0.2) is 0 Å². The van der Waals surface area contributed by atoms with E-state index in [4.69, 9.17) is 5.41 Å². The van der Waals surface area contributed by atoms with Crippen molar-refractivity contribution in [1.82, 2.24) is 0 Å². The SMILES string of the molecule is CC(=O)CC(=O)OCC=N.Cl. The number of ether oxygens (including phenoxy) is 1. The van der Waals surface area contributed by atoms with Crippen LogP contribution in [0.4, 0.5) is 0 Å². The Bertz CT molecular complexity index is 158. The first kappa shape index (κ1) is 12.7. The maximum atomic E-state index is 10.5. The number of rotatable bonds is 4. The molecule has 0 aromatic carbocycles. The van der Waals surface area contributed by atoms with Crippen LogP contribution in [0, 0.1) is 5.41 Å². The van der Waals surface area contributed by atoms with Gasteiger partial charge in [0.1, 0.15) is 18.8 Å². The minimum Gasteiger partial charge on any atom is -0.460 e. The maximum Gasteiger partial charge on any atom is 0.313 e. The third-order valence-corrected chi connectivity index (χ3v) is 0.721. The van der Waals surface area contributed by atoms with Crippen molar-refractivity contribution >= 4 is 30.4 Å². The first-order valence-electron chi connectivity index (χ1n) is 2.81. The van der Waals surface area contributed by atoms with Crippen molar-refractivity contribution in [3.63, 3.8) is 0 Å². The van der Waals surface area contributed by atoms with Gasteiger partial charge in [-0.25, -0.2) is 0 Å². The molecule has 0 amide bonds. The molecule has 0 saturated heterocycles. The number of ketones is 1. The fourth-order valence-electron chi connectivity index (χ4n) is 0.389. The molecule has 64 valence electrons. The fraction of sp³-hybridized carbons (Fsp3) is 0.500. The number of hydrogen-bond donors (Lipinski definition) is 1. The van der Waals surface area contributed by atoms with E-state index < -0.39 is 5.97 Å². The summed E-state index contributed by atoms with van der Waals surface area (Å²) >= 11 is 0. The van der Waals surface area contributed by atoms with E-state index >= 15 is 0 Å². The van der Waals surface area contributed by atoms with Gasteiger partial charge < -0.3 is 10.1 Å². The minimum atomic E-state index is -0.573. The van der Waals surface area contributed by atoms with E-state index in [0.717, 1.165) is 6.21 Å². The van der Waals surface area contributed by atoms with Crippen molar-refractivity contribution in [3.05, 3.63) is 0 Å². The molecule has 1 N–H and O–H groups in total. The van der Waals surface area contributed by atoms with Crippen LogP contribution in [-0.2, 0) is 14.3 Å². The van der Waals surface area contributed by atoms with E-state index in [-0.39, 0.29) is 31.2 Å². The van der Waals surface area contributed by atoms with Gasteiger partial charge in [-0.15, -0.1) is 12.4 Å². The summed E-state index contributed by atoms with van der Waals surface area (Å²) in [7, 11) is 0. The summed E-state index contributed by atoms with van der Waals surface area (Å²) in [5, 5.41) is 6.49. The van der Waals surface area contributed by atoms with Crippen molar-refractivity contribution < 1.29 is 14.3 Å². The minimum absolute atomic E-state index is 0. The molecule has 0 saturated carbocycles. The van der Waals surface area contributed by atoms with E-state index in [2.05, 4.69) is 4.74 Å². The van der Waals surface area contributed by atoms with Gasteiger partial charge in [0.25, 0.3) is 0 Å². The zero-order valence-electron chi connectivity index (χ0n) is 6.12. The van der Waals surface area contributed by atoms with Crippen molar-refractivity contribution in [2.45, 2.75) is 13.3 Å². The molecular weight excluding hydrogens is 170 g/mol. The molecule has 0 aliphatic carbocycles. The van der Waals surface area contributed by atoms with Gasteiger partial charge in [-0.1, -0.05) is 0 Å². The smallest absolute Gasteiger partial charge is 0.313 e. The second kappa shape index (κ2) is 7.21. The lowest BCUT2D eigenvalue weighted by Crippen LogP contribution is -2.09. The van der Waals surface area contributed by atoms with Gasteiger partial charge in [0.05, 0.1) is 0 Å². The number of nitrogens with one attached hydrogen (secondary N) is 1. The first-order chi connectivity index (χ1) is 4.66.